The van der Waals surface area contributed by atoms with E-state index in [0.29, 0.717) is 25.1 Å². The maximum atomic E-state index is 12.2. The van der Waals surface area contributed by atoms with Gasteiger partial charge in [0.1, 0.15) is 5.76 Å². The van der Waals surface area contributed by atoms with Gasteiger partial charge in [0.2, 0.25) is 10.0 Å². The second-order valence-corrected chi connectivity index (χ2v) is 6.27. The smallest absolute Gasteiger partial charge is 0.240 e. The van der Waals surface area contributed by atoms with Gasteiger partial charge in [-0.05, 0) is 36.2 Å². The first-order valence-electron chi connectivity index (χ1n) is 6.34. The number of rotatable bonds is 6. The molecule has 0 atom stereocenters. The first-order chi connectivity index (χ1) is 9.53. The largest absolute Gasteiger partial charge is 0.469 e. The Hall–Kier alpha value is -1.63. The van der Waals surface area contributed by atoms with Gasteiger partial charge in [0.15, 0.2) is 0 Å². The van der Waals surface area contributed by atoms with Crippen LogP contribution in [0.15, 0.2) is 45.9 Å². The van der Waals surface area contributed by atoms with Gasteiger partial charge in [0.25, 0.3) is 0 Å². The maximum Gasteiger partial charge on any atom is 0.240 e. The molecule has 3 N–H and O–H groups in total. The molecule has 2 aromatic rings. The molecule has 0 bridgehead atoms. The molecule has 0 saturated carbocycles. The van der Waals surface area contributed by atoms with Crippen molar-refractivity contribution in [2.45, 2.75) is 24.8 Å². The van der Waals surface area contributed by atoms with Gasteiger partial charge in [-0.3, -0.25) is 0 Å². The lowest BCUT2D eigenvalue weighted by Gasteiger charge is -2.10. The molecule has 0 aliphatic rings. The number of hydrogen-bond donors (Lipinski definition) is 2. The summed E-state index contributed by atoms with van der Waals surface area (Å²) in [4.78, 5) is 0.286. The average molecular weight is 294 g/mol. The lowest BCUT2D eigenvalue weighted by Crippen LogP contribution is -2.26. The second-order valence-electron chi connectivity index (χ2n) is 4.53. The van der Waals surface area contributed by atoms with Gasteiger partial charge in [-0.2, -0.15) is 0 Å². The van der Waals surface area contributed by atoms with E-state index in [-0.39, 0.29) is 4.90 Å². The third-order valence-corrected chi connectivity index (χ3v) is 4.63. The fourth-order valence-electron chi connectivity index (χ4n) is 1.98. The summed E-state index contributed by atoms with van der Waals surface area (Å²) in [5.41, 5.74) is 7.14. The highest BCUT2D eigenvalue weighted by Crippen LogP contribution is 2.16. The van der Waals surface area contributed by atoms with E-state index in [9.17, 15) is 8.42 Å². The lowest BCUT2D eigenvalue weighted by molar-refractivity contribution is 0.506. The van der Waals surface area contributed by atoms with E-state index in [1.807, 2.05) is 6.07 Å². The fourth-order valence-corrected chi connectivity index (χ4v) is 3.24. The van der Waals surface area contributed by atoms with Gasteiger partial charge in [0.05, 0.1) is 11.2 Å². The summed E-state index contributed by atoms with van der Waals surface area (Å²) in [5.74, 6) is 0.753. The molecule has 1 aromatic carbocycles. The lowest BCUT2D eigenvalue weighted by atomic mass is 10.1. The van der Waals surface area contributed by atoms with Gasteiger partial charge in [0, 0.05) is 19.5 Å². The van der Waals surface area contributed by atoms with Crippen molar-refractivity contribution in [1.82, 2.24) is 4.72 Å². The van der Waals surface area contributed by atoms with E-state index < -0.39 is 10.0 Å². The Morgan fingerprint density at radius 2 is 2.10 bits per heavy atom. The molecule has 0 fully saturated rings. The van der Waals surface area contributed by atoms with Crippen LogP contribution in [0, 0.1) is 6.92 Å². The molecule has 0 aliphatic heterocycles. The predicted molar refractivity (Wildman–Crippen MR) is 76.7 cm³/mol. The average Bonchev–Trinajstić information content (AvgIpc) is 2.91. The van der Waals surface area contributed by atoms with Crippen molar-refractivity contribution in [1.29, 1.82) is 0 Å². The van der Waals surface area contributed by atoms with Crippen molar-refractivity contribution in [3.8, 4) is 0 Å². The standard InChI is InChI=1S/C14H18N2O3S/c1-11-9-12(10-15)4-5-14(11)20(17,18)16-7-6-13-3-2-8-19-13/h2-5,8-9,16H,6-7,10,15H2,1H3. The number of nitrogens with two attached hydrogens (primary N) is 1. The number of hydrogen-bond acceptors (Lipinski definition) is 4. The molecule has 20 heavy (non-hydrogen) atoms. The summed E-state index contributed by atoms with van der Waals surface area (Å²) in [5, 5.41) is 0. The molecule has 0 spiro atoms. The quantitative estimate of drug-likeness (QED) is 0.847. The molecular formula is C14H18N2O3S. The monoisotopic (exact) mass is 294 g/mol. The summed E-state index contributed by atoms with van der Waals surface area (Å²) in [6.07, 6.45) is 2.09. The normalized spacial score (nSPS) is 11.7. The van der Waals surface area contributed by atoms with E-state index in [0.717, 1.165) is 11.3 Å². The molecule has 0 unspecified atom stereocenters. The minimum Gasteiger partial charge on any atom is -0.469 e. The summed E-state index contributed by atoms with van der Waals surface area (Å²) in [6, 6.07) is 8.71. The molecule has 0 saturated heterocycles. The number of aryl methyl sites for hydroxylation is 1. The summed E-state index contributed by atoms with van der Waals surface area (Å²) in [6.45, 7) is 2.46. The number of furan rings is 1. The van der Waals surface area contributed by atoms with E-state index in [1.54, 1.807) is 37.5 Å². The van der Waals surface area contributed by atoms with Gasteiger partial charge < -0.3 is 10.2 Å². The van der Waals surface area contributed by atoms with Crippen molar-refractivity contribution in [3.05, 3.63) is 53.5 Å². The Morgan fingerprint density at radius 3 is 2.70 bits per heavy atom. The van der Waals surface area contributed by atoms with Crippen LogP contribution in [0.5, 0.6) is 0 Å². The summed E-state index contributed by atoms with van der Waals surface area (Å²) in [7, 11) is -3.50. The van der Waals surface area contributed by atoms with Crippen LogP contribution < -0.4 is 10.5 Å². The van der Waals surface area contributed by atoms with Crippen LogP contribution in [0.4, 0.5) is 0 Å². The van der Waals surface area contributed by atoms with E-state index >= 15 is 0 Å². The summed E-state index contributed by atoms with van der Waals surface area (Å²) < 4.78 is 32.1. The molecule has 0 amide bonds. The highest BCUT2D eigenvalue weighted by Gasteiger charge is 2.16. The van der Waals surface area contributed by atoms with Crippen molar-refractivity contribution in [2.24, 2.45) is 5.73 Å². The fraction of sp³-hybridized carbons (Fsp3) is 0.286. The topological polar surface area (TPSA) is 85.3 Å². The Kier molecular flexibility index (Phi) is 4.59. The molecule has 1 aromatic heterocycles. The number of nitrogens with one attached hydrogen (secondary N) is 1. The first-order valence-corrected chi connectivity index (χ1v) is 7.83. The highest BCUT2D eigenvalue weighted by molar-refractivity contribution is 7.89. The highest BCUT2D eigenvalue weighted by atomic mass is 32.2. The molecule has 0 radical (unpaired) electrons. The minimum atomic E-state index is -3.50. The van der Waals surface area contributed by atoms with Crippen LogP contribution >= 0.6 is 0 Å². The van der Waals surface area contributed by atoms with Crippen LogP contribution in [-0.4, -0.2) is 15.0 Å². The summed E-state index contributed by atoms with van der Waals surface area (Å²) >= 11 is 0. The molecule has 0 aliphatic carbocycles. The van der Waals surface area contributed by atoms with E-state index in [2.05, 4.69) is 4.72 Å². The maximum absolute atomic E-state index is 12.2. The SMILES string of the molecule is Cc1cc(CN)ccc1S(=O)(=O)NCCc1ccco1. The van der Waals surface area contributed by atoms with Crippen LogP contribution in [0.25, 0.3) is 0 Å². The van der Waals surface area contributed by atoms with Gasteiger partial charge in [-0.1, -0.05) is 12.1 Å². The Bertz CT molecular complexity index is 664. The van der Waals surface area contributed by atoms with Crippen molar-refractivity contribution < 1.29 is 12.8 Å². The zero-order valence-electron chi connectivity index (χ0n) is 11.3. The van der Waals surface area contributed by atoms with E-state index in [4.69, 9.17) is 10.2 Å². The second kappa shape index (κ2) is 6.21. The zero-order valence-corrected chi connectivity index (χ0v) is 12.1. The van der Waals surface area contributed by atoms with Crippen molar-refractivity contribution in [2.75, 3.05) is 6.54 Å². The van der Waals surface area contributed by atoms with Crippen LogP contribution in [0.2, 0.25) is 0 Å². The van der Waals surface area contributed by atoms with Gasteiger partial charge >= 0.3 is 0 Å². The minimum absolute atomic E-state index is 0.286. The molecule has 5 nitrogen and oxygen atoms in total. The third-order valence-electron chi connectivity index (χ3n) is 3.01. The van der Waals surface area contributed by atoms with Gasteiger partial charge in [-0.25, -0.2) is 13.1 Å². The Morgan fingerprint density at radius 1 is 1.30 bits per heavy atom. The Balaban J connectivity index is 2.06. The molecule has 6 heteroatoms. The first kappa shape index (κ1) is 14.8. The molecule has 2 rings (SSSR count). The third kappa shape index (κ3) is 3.47. The predicted octanol–water partition coefficient (Wildman–Crippen LogP) is 1.57. The number of benzene rings is 1. The van der Waals surface area contributed by atoms with Crippen LogP contribution in [-0.2, 0) is 23.0 Å². The number of sulfonamides is 1. The van der Waals surface area contributed by atoms with Crippen LogP contribution in [0.3, 0.4) is 0 Å². The Labute approximate surface area is 118 Å². The molecular weight excluding hydrogens is 276 g/mol. The van der Waals surface area contributed by atoms with E-state index in [1.165, 1.54) is 0 Å². The van der Waals surface area contributed by atoms with Crippen molar-refractivity contribution in [3.63, 3.8) is 0 Å². The van der Waals surface area contributed by atoms with Gasteiger partial charge in [-0.15, -0.1) is 0 Å². The zero-order chi connectivity index (χ0) is 14.6. The van der Waals surface area contributed by atoms with Crippen LogP contribution in [0.1, 0.15) is 16.9 Å². The molecule has 1 heterocycles. The molecule has 108 valence electrons. The van der Waals surface area contributed by atoms with Crippen molar-refractivity contribution >= 4 is 10.0 Å².